The lowest BCUT2D eigenvalue weighted by atomic mass is 10.0. The first-order chi connectivity index (χ1) is 24.1. The van der Waals surface area contributed by atoms with E-state index < -0.39 is 70.7 Å². The van der Waals surface area contributed by atoms with E-state index in [1.54, 1.807) is 17.0 Å². The highest BCUT2D eigenvalue weighted by Crippen LogP contribution is 2.33. The number of rotatable bonds is 15. The van der Waals surface area contributed by atoms with Gasteiger partial charge in [-0.2, -0.15) is 22.0 Å². The molecule has 51 heavy (non-hydrogen) atoms. The Morgan fingerprint density at radius 2 is 1.61 bits per heavy atom. The minimum Gasteiger partial charge on any atom is -0.489 e. The fraction of sp³-hybridized carbons (Fsp3) is 0.382. The van der Waals surface area contributed by atoms with Gasteiger partial charge < -0.3 is 29.7 Å². The first-order valence-electron chi connectivity index (χ1n) is 15.7. The summed E-state index contributed by atoms with van der Waals surface area (Å²) >= 11 is 0. The molecular formula is C34H36F5N3O8S. The van der Waals surface area contributed by atoms with Crippen LogP contribution in [0.3, 0.4) is 0 Å². The summed E-state index contributed by atoms with van der Waals surface area (Å²) < 4.78 is 104. The van der Waals surface area contributed by atoms with Gasteiger partial charge in [-0.1, -0.05) is 19.1 Å². The number of anilines is 1. The van der Waals surface area contributed by atoms with Crippen LogP contribution in [0.2, 0.25) is 0 Å². The van der Waals surface area contributed by atoms with Crippen LogP contribution in [0.1, 0.15) is 47.3 Å². The Hall–Kier alpha value is -4.77. The second kappa shape index (κ2) is 17.0. The van der Waals surface area contributed by atoms with Crippen molar-refractivity contribution in [3.63, 3.8) is 0 Å². The number of alkyl halides is 5. The van der Waals surface area contributed by atoms with E-state index >= 15 is 0 Å². The third-order valence-corrected chi connectivity index (χ3v) is 9.86. The Bertz CT molecular complexity index is 1760. The predicted octanol–water partition coefficient (Wildman–Crippen LogP) is 4.91. The average molecular weight is 742 g/mol. The largest absolute Gasteiger partial charge is 0.489 e. The lowest BCUT2D eigenvalue weighted by molar-refractivity contribution is -0.141. The third kappa shape index (κ3) is 10.9. The zero-order chi connectivity index (χ0) is 37.3. The summed E-state index contributed by atoms with van der Waals surface area (Å²) in [6, 6.07) is 14.4. The number of carbonyl (C=O) groups excluding carboxylic acids is 3. The van der Waals surface area contributed by atoms with Crippen LogP contribution < -0.4 is 20.3 Å². The quantitative estimate of drug-likeness (QED) is 0.164. The standard InChI is InChI=1S/C34H36F5N3O8S/c1-3-51(46,47)28-14-6-21(7-15-28)29(17-30(43)40-18-31(44)48-2)41-32(45)22-4-10-24(11-5-22)42-19-27(16-25(42)20-49-33(35)36)50-26-12-8-23(9-13-26)34(37,38)39/h4-15,25,27,29,33H,3,16-20H2,1-2H3,(H,40,43)(H,41,45)/t25-,27-,29?/m0/s1. The molecule has 0 bridgehead atoms. The molecule has 0 aliphatic carbocycles. The summed E-state index contributed by atoms with van der Waals surface area (Å²) in [6.45, 7) is -2.13. The van der Waals surface area contributed by atoms with Crippen LogP contribution in [-0.4, -0.2) is 77.5 Å². The number of ether oxygens (including phenoxy) is 3. The lowest BCUT2D eigenvalue weighted by Crippen LogP contribution is -2.36. The van der Waals surface area contributed by atoms with E-state index in [-0.39, 0.29) is 48.0 Å². The van der Waals surface area contributed by atoms with Crippen LogP contribution in [0.4, 0.5) is 27.6 Å². The number of nitrogens with zero attached hydrogens (tertiary/aromatic N) is 1. The normalized spacial score (nSPS) is 16.8. The minimum absolute atomic E-state index is 0.0655. The molecule has 276 valence electrons. The summed E-state index contributed by atoms with van der Waals surface area (Å²) in [6.07, 6.45) is -5.19. The van der Waals surface area contributed by atoms with Crippen molar-refractivity contribution in [2.45, 2.75) is 55.6 Å². The molecule has 1 heterocycles. The van der Waals surface area contributed by atoms with Gasteiger partial charge in [-0.05, 0) is 66.2 Å². The monoisotopic (exact) mass is 741 g/mol. The fourth-order valence-electron chi connectivity index (χ4n) is 5.40. The Morgan fingerprint density at radius 3 is 2.18 bits per heavy atom. The summed E-state index contributed by atoms with van der Waals surface area (Å²) in [5.74, 6) is -1.82. The van der Waals surface area contributed by atoms with Crippen LogP contribution in [0.5, 0.6) is 5.75 Å². The zero-order valence-electron chi connectivity index (χ0n) is 27.5. The summed E-state index contributed by atoms with van der Waals surface area (Å²) in [5.41, 5.74) is 0.269. The summed E-state index contributed by atoms with van der Waals surface area (Å²) in [5, 5.41) is 5.16. The second-order valence-electron chi connectivity index (χ2n) is 11.5. The van der Waals surface area contributed by atoms with Crippen molar-refractivity contribution >= 4 is 33.3 Å². The molecule has 17 heteroatoms. The SMILES string of the molecule is CCS(=O)(=O)c1ccc(C(CC(=O)NCC(=O)OC)NC(=O)c2ccc(N3C[C@@H](Oc4ccc(C(F)(F)F)cc4)C[C@H]3COC(F)F)cc2)cc1. The van der Waals surface area contributed by atoms with Crippen LogP contribution >= 0.6 is 0 Å². The van der Waals surface area contributed by atoms with E-state index in [0.29, 0.717) is 11.3 Å². The highest BCUT2D eigenvalue weighted by atomic mass is 32.2. The molecule has 1 fully saturated rings. The van der Waals surface area contributed by atoms with E-state index in [0.717, 1.165) is 19.2 Å². The van der Waals surface area contributed by atoms with Gasteiger partial charge in [0, 0.05) is 17.7 Å². The van der Waals surface area contributed by atoms with Gasteiger partial charge in [0.1, 0.15) is 18.4 Å². The number of sulfone groups is 1. The van der Waals surface area contributed by atoms with Crippen LogP contribution in [0, 0.1) is 0 Å². The van der Waals surface area contributed by atoms with Crippen molar-refractivity contribution in [3.8, 4) is 5.75 Å². The Morgan fingerprint density at radius 1 is 0.961 bits per heavy atom. The number of hydrogen-bond acceptors (Lipinski definition) is 9. The first kappa shape index (κ1) is 39.0. The van der Waals surface area contributed by atoms with E-state index in [2.05, 4.69) is 20.1 Å². The fourth-order valence-corrected chi connectivity index (χ4v) is 6.29. The third-order valence-electron chi connectivity index (χ3n) is 8.11. The van der Waals surface area contributed by atoms with Gasteiger partial charge in [0.15, 0.2) is 9.84 Å². The van der Waals surface area contributed by atoms with Crippen molar-refractivity contribution in [3.05, 3.63) is 89.5 Å². The highest BCUT2D eigenvalue weighted by molar-refractivity contribution is 7.91. The minimum atomic E-state index is -4.52. The van der Waals surface area contributed by atoms with Crippen LogP contribution in [-0.2, 0) is 35.1 Å². The summed E-state index contributed by atoms with van der Waals surface area (Å²) in [7, 11) is -2.35. The average Bonchev–Trinajstić information content (AvgIpc) is 3.51. The molecule has 0 saturated carbocycles. The predicted molar refractivity (Wildman–Crippen MR) is 174 cm³/mol. The molecule has 1 aliphatic rings. The maximum absolute atomic E-state index is 13.4. The molecule has 1 aliphatic heterocycles. The molecule has 3 aromatic rings. The van der Waals surface area contributed by atoms with Gasteiger partial charge >= 0.3 is 18.8 Å². The number of carbonyl (C=O) groups is 3. The number of halogens is 5. The molecule has 3 atom stereocenters. The van der Waals surface area contributed by atoms with E-state index in [1.807, 2.05) is 0 Å². The topological polar surface area (TPSA) is 140 Å². The maximum Gasteiger partial charge on any atom is 0.416 e. The molecule has 1 saturated heterocycles. The maximum atomic E-state index is 13.4. The summed E-state index contributed by atoms with van der Waals surface area (Å²) in [4.78, 5) is 39.4. The molecule has 2 amide bonds. The van der Waals surface area contributed by atoms with Gasteiger partial charge in [0.25, 0.3) is 5.91 Å². The van der Waals surface area contributed by atoms with Crippen molar-refractivity contribution in [2.24, 2.45) is 0 Å². The van der Waals surface area contributed by atoms with Crippen molar-refractivity contribution in [2.75, 3.05) is 37.5 Å². The van der Waals surface area contributed by atoms with Crippen LogP contribution in [0.25, 0.3) is 0 Å². The molecule has 0 aromatic heterocycles. The van der Waals surface area contributed by atoms with Crippen LogP contribution in [0.15, 0.2) is 77.7 Å². The first-order valence-corrected chi connectivity index (χ1v) is 17.3. The molecular weight excluding hydrogens is 705 g/mol. The van der Waals surface area contributed by atoms with Crippen molar-refractivity contribution < 1.29 is 59.0 Å². The molecule has 0 spiro atoms. The number of hydrogen-bond donors (Lipinski definition) is 2. The molecule has 4 rings (SSSR count). The molecule has 1 unspecified atom stereocenters. The van der Waals surface area contributed by atoms with E-state index in [1.165, 1.54) is 55.5 Å². The molecule has 3 aromatic carbocycles. The molecule has 0 radical (unpaired) electrons. The van der Waals surface area contributed by atoms with E-state index in [9.17, 15) is 44.8 Å². The Balaban J connectivity index is 1.49. The van der Waals surface area contributed by atoms with Gasteiger partial charge in [-0.3, -0.25) is 14.4 Å². The van der Waals surface area contributed by atoms with Gasteiger partial charge in [-0.15, -0.1) is 0 Å². The van der Waals surface area contributed by atoms with Crippen molar-refractivity contribution in [1.82, 2.24) is 10.6 Å². The van der Waals surface area contributed by atoms with Crippen molar-refractivity contribution in [1.29, 1.82) is 0 Å². The second-order valence-corrected chi connectivity index (χ2v) is 13.8. The molecule has 11 nitrogen and oxygen atoms in total. The smallest absolute Gasteiger partial charge is 0.416 e. The zero-order valence-corrected chi connectivity index (χ0v) is 28.3. The van der Waals surface area contributed by atoms with E-state index in [4.69, 9.17) is 4.74 Å². The lowest BCUT2D eigenvalue weighted by Gasteiger charge is -2.26. The molecule has 2 N–H and O–H groups in total. The Kier molecular flexibility index (Phi) is 13.0. The number of nitrogens with one attached hydrogen (secondary N) is 2. The number of methoxy groups -OCH3 is 1. The van der Waals surface area contributed by atoms with Gasteiger partial charge in [0.05, 0.1) is 55.0 Å². The number of esters is 1. The number of benzene rings is 3. The Labute approximate surface area is 291 Å². The van der Waals surface area contributed by atoms with Gasteiger partial charge in [0.2, 0.25) is 5.91 Å². The highest BCUT2D eigenvalue weighted by Gasteiger charge is 2.35. The van der Waals surface area contributed by atoms with Gasteiger partial charge in [-0.25, -0.2) is 8.42 Å². The number of amides is 2.